The summed E-state index contributed by atoms with van der Waals surface area (Å²) in [6.07, 6.45) is 10.0. The summed E-state index contributed by atoms with van der Waals surface area (Å²) >= 11 is 0. The molecule has 4 aromatic carbocycles. The molecule has 0 fully saturated rings. The van der Waals surface area contributed by atoms with Gasteiger partial charge in [0.25, 0.3) is 0 Å². The van der Waals surface area contributed by atoms with Gasteiger partial charge in [0.15, 0.2) is 0 Å². The number of hydrogen-bond acceptors (Lipinski definition) is 0. The van der Waals surface area contributed by atoms with Gasteiger partial charge in [-0.3, -0.25) is 0 Å². The summed E-state index contributed by atoms with van der Waals surface area (Å²) in [5, 5.41) is 2.61. The smallest absolute Gasteiger partial charge is 0.0459 e. The Kier molecular flexibility index (Phi) is 4.81. The first-order valence-corrected chi connectivity index (χ1v) is 13.6. The van der Waals surface area contributed by atoms with Crippen LogP contribution in [0, 0.1) is 0 Å². The Morgan fingerprint density at radius 1 is 0.632 bits per heavy atom. The molecule has 2 heterocycles. The molecule has 0 amide bonds. The van der Waals surface area contributed by atoms with Crippen LogP contribution in [0.5, 0.6) is 0 Å². The lowest BCUT2D eigenvalue weighted by Gasteiger charge is -2.22. The highest BCUT2D eigenvalue weighted by Gasteiger charge is 2.31. The number of para-hydroxylation sites is 2. The Morgan fingerprint density at radius 3 is 2.16 bits per heavy atom. The lowest BCUT2D eigenvalue weighted by Crippen LogP contribution is -2.07. The number of nitrogens with one attached hydrogen (secondary N) is 2. The Balaban J connectivity index is 1.37. The third-order valence-corrected chi connectivity index (χ3v) is 8.53. The molecular formula is C36H28N2. The standard InChI is InChI=1S/C36H28N2/c1-3-11-26-23(9-1)17-18-25(26)21-34-36(30-14-6-8-16-33(30)38-34)35(29-20-19-24-10-2-4-12-27(24)29)31-22-37-32-15-7-5-13-28(31)32/h1-16,18,20,22,35,37-38H,17,19,21H2. The lowest BCUT2D eigenvalue weighted by atomic mass is 9.80. The lowest BCUT2D eigenvalue weighted by molar-refractivity contribution is 1.02. The molecule has 0 aliphatic heterocycles. The second-order valence-corrected chi connectivity index (χ2v) is 10.6. The van der Waals surface area contributed by atoms with E-state index in [9.17, 15) is 0 Å². The molecule has 0 spiro atoms. The van der Waals surface area contributed by atoms with Gasteiger partial charge in [-0.2, -0.15) is 0 Å². The Bertz CT molecular complexity index is 1910. The molecule has 2 heteroatoms. The van der Waals surface area contributed by atoms with Crippen molar-refractivity contribution in [3.05, 3.63) is 154 Å². The Hall–Kier alpha value is -4.56. The monoisotopic (exact) mass is 488 g/mol. The summed E-state index contributed by atoms with van der Waals surface area (Å²) in [4.78, 5) is 7.46. The molecule has 2 aliphatic rings. The average molecular weight is 489 g/mol. The van der Waals surface area contributed by atoms with E-state index in [1.165, 1.54) is 72.0 Å². The minimum absolute atomic E-state index is 0.123. The molecule has 0 bridgehead atoms. The first kappa shape index (κ1) is 21.5. The fourth-order valence-corrected chi connectivity index (χ4v) is 6.80. The SMILES string of the molecule is C1=C(Cc2[nH]c3ccccc3c2C(C2=CCc3ccccc32)c2c[nH]c3ccccc23)c2ccccc2C1. The average Bonchev–Trinajstić information content (AvgIpc) is 3.75. The number of allylic oxidation sites excluding steroid dienone is 4. The summed E-state index contributed by atoms with van der Waals surface area (Å²) in [6.45, 7) is 0. The maximum absolute atomic E-state index is 3.88. The van der Waals surface area contributed by atoms with E-state index in [4.69, 9.17) is 0 Å². The van der Waals surface area contributed by atoms with Crippen LogP contribution >= 0.6 is 0 Å². The van der Waals surface area contributed by atoms with Crippen LogP contribution in [0.1, 0.15) is 45.0 Å². The van der Waals surface area contributed by atoms with Gasteiger partial charge in [-0.25, -0.2) is 0 Å². The van der Waals surface area contributed by atoms with E-state index < -0.39 is 0 Å². The van der Waals surface area contributed by atoms with Crippen LogP contribution in [0.15, 0.2) is 115 Å². The van der Waals surface area contributed by atoms with Crippen molar-refractivity contribution in [2.75, 3.05) is 0 Å². The first-order valence-electron chi connectivity index (χ1n) is 13.6. The van der Waals surface area contributed by atoms with E-state index in [1.54, 1.807) is 0 Å². The second-order valence-electron chi connectivity index (χ2n) is 10.6. The molecular weight excluding hydrogens is 460 g/mol. The fraction of sp³-hybridized carbons (Fsp3) is 0.111. The van der Waals surface area contributed by atoms with Crippen molar-refractivity contribution in [3.63, 3.8) is 0 Å². The van der Waals surface area contributed by atoms with Crippen LogP contribution < -0.4 is 0 Å². The minimum Gasteiger partial charge on any atom is -0.361 e. The predicted octanol–water partition coefficient (Wildman–Crippen LogP) is 8.60. The van der Waals surface area contributed by atoms with Crippen LogP contribution in [-0.2, 0) is 19.3 Å². The highest BCUT2D eigenvalue weighted by atomic mass is 14.7. The van der Waals surface area contributed by atoms with Crippen LogP contribution in [0.25, 0.3) is 33.0 Å². The number of hydrogen-bond donors (Lipinski definition) is 2. The fourth-order valence-electron chi connectivity index (χ4n) is 6.80. The summed E-state index contributed by atoms with van der Waals surface area (Å²) < 4.78 is 0. The molecule has 1 atom stereocenters. The Labute approximate surface area is 222 Å². The van der Waals surface area contributed by atoms with Gasteiger partial charge in [-0.1, -0.05) is 97.1 Å². The molecule has 0 saturated heterocycles. The molecule has 0 radical (unpaired) electrons. The summed E-state index contributed by atoms with van der Waals surface area (Å²) in [5.74, 6) is 0.123. The second kappa shape index (κ2) is 8.49. The maximum atomic E-state index is 3.88. The van der Waals surface area contributed by atoms with E-state index >= 15 is 0 Å². The van der Waals surface area contributed by atoms with E-state index in [0.29, 0.717) is 0 Å². The third-order valence-electron chi connectivity index (χ3n) is 8.53. The van der Waals surface area contributed by atoms with Crippen LogP contribution in [0.2, 0.25) is 0 Å². The molecule has 38 heavy (non-hydrogen) atoms. The van der Waals surface area contributed by atoms with Gasteiger partial charge in [0.1, 0.15) is 0 Å². The van der Waals surface area contributed by atoms with Crippen LogP contribution in [0.4, 0.5) is 0 Å². The highest BCUT2D eigenvalue weighted by molar-refractivity contribution is 5.95. The van der Waals surface area contributed by atoms with E-state index in [0.717, 1.165) is 19.3 Å². The number of H-pyrrole nitrogens is 2. The number of aromatic amines is 2. The number of aromatic nitrogens is 2. The van der Waals surface area contributed by atoms with Gasteiger partial charge in [0.05, 0.1) is 0 Å². The summed E-state index contributed by atoms with van der Waals surface area (Å²) in [7, 11) is 0. The van der Waals surface area contributed by atoms with Gasteiger partial charge >= 0.3 is 0 Å². The van der Waals surface area contributed by atoms with Gasteiger partial charge in [-0.05, 0) is 69.5 Å². The minimum atomic E-state index is 0.123. The zero-order valence-electron chi connectivity index (χ0n) is 21.2. The van der Waals surface area contributed by atoms with Crippen molar-refractivity contribution in [2.24, 2.45) is 0 Å². The van der Waals surface area contributed by atoms with Gasteiger partial charge in [0, 0.05) is 46.0 Å². The van der Waals surface area contributed by atoms with Crippen molar-refractivity contribution < 1.29 is 0 Å². The van der Waals surface area contributed by atoms with Crippen molar-refractivity contribution in [1.29, 1.82) is 0 Å². The normalized spacial score (nSPS) is 14.9. The van der Waals surface area contributed by atoms with Crippen molar-refractivity contribution in [2.45, 2.75) is 25.2 Å². The number of rotatable bonds is 5. The van der Waals surface area contributed by atoms with E-state index in [-0.39, 0.29) is 5.92 Å². The van der Waals surface area contributed by atoms with Crippen molar-refractivity contribution in [1.82, 2.24) is 9.97 Å². The van der Waals surface area contributed by atoms with E-state index in [1.807, 2.05) is 0 Å². The zero-order chi connectivity index (χ0) is 25.1. The molecule has 0 saturated carbocycles. The predicted molar refractivity (Wildman–Crippen MR) is 158 cm³/mol. The van der Waals surface area contributed by atoms with Gasteiger partial charge in [-0.15, -0.1) is 0 Å². The molecule has 2 aromatic heterocycles. The van der Waals surface area contributed by atoms with Crippen LogP contribution in [0.3, 0.4) is 0 Å². The van der Waals surface area contributed by atoms with Gasteiger partial charge < -0.3 is 9.97 Å². The first-order chi connectivity index (χ1) is 18.8. The van der Waals surface area contributed by atoms with Gasteiger partial charge in [0.2, 0.25) is 0 Å². The molecule has 2 aliphatic carbocycles. The van der Waals surface area contributed by atoms with Crippen LogP contribution in [-0.4, -0.2) is 9.97 Å². The molecule has 2 nitrogen and oxygen atoms in total. The summed E-state index contributed by atoms with van der Waals surface area (Å²) in [6, 6.07) is 35.4. The molecule has 2 N–H and O–H groups in total. The third kappa shape index (κ3) is 3.27. The van der Waals surface area contributed by atoms with E-state index in [2.05, 4.69) is 125 Å². The molecule has 1 unspecified atom stereocenters. The molecule has 8 rings (SSSR count). The zero-order valence-corrected chi connectivity index (χ0v) is 21.2. The number of fused-ring (bicyclic) bond motifs is 4. The maximum Gasteiger partial charge on any atom is 0.0459 e. The highest BCUT2D eigenvalue weighted by Crippen LogP contribution is 2.48. The largest absolute Gasteiger partial charge is 0.361 e. The molecule has 182 valence electrons. The quantitative estimate of drug-likeness (QED) is 0.243. The molecule has 6 aromatic rings. The van der Waals surface area contributed by atoms with Crippen molar-refractivity contribution >= 4 is 33.0 Å². The topological polar surface area (TPSA) is 31.6 Å². The number of benzene rings is 4. The Morgan fingerprint density at radius 2 is 1.29 bits per heavy atom. The van der Waals surface area contributed by atoms with Crippen molar-refractivity contribution in [3.8, 4) is 0 Å². The summed E-state index contributed by atoms with van der Waals surface area (Å²) in [5.41, 5.74) is 14.9.